The van der Waals surface area contributed by atoms with Gasteiger partial charge in [0, 0.05) is 60.8 Å². The van der Waals surface area contributed by atoms with Gasteiger partial charge in [-0.1, -0.05) is 11.6 Å². The number of pyridine rings is 1. The molecule has 174 valence electrons. The smallest absolute Gasteiger partial charge is 0.339 e. The zero-order chi connectivity index (χ0) is 24.1. The monoisotopic (exact) mass is 481 g/mol. The summed E-state index contributed by atoms with van der Waals surface area (Å²) >= 11 is 5.88. The molecule has 0 radical (unpaired) electrons. The van der Waals surface area contributed by atoms with E-state index in [1.165, 1.54) is 24.4 Å². The molecule has 4 aromatic rings. The Morgan fingerprint density at radius 1 is 1.21 bits per heavy atom. The van der Waals surface area contributed by atoms with Crippen molar-refractivity contribution in [1.29, 1.82) is 0 Å². The number of esters is 1. The van der Waals surface area contributed by atoms with Crippen molar-refractivity contribution in [3.05, 3.63) is 77.2 Å². The number of hydrogen-bond donors (Lipinski definition) is 2. The molecule has 4 rings (SSSR count). The van der Waals surface area contributed by atoms with Crippen LogP contribution in [-0.4, -0.2) is 37.3 Å². The number of aryl methyl sites for hydroxylation is 1. The van der Waals surface area contributed by atoms with Gasteiger partial charge in [0.05, 0.1) is 23.4 Å². The van der Waals surface area contributed by atoms with Gasteiger partial charge in [0.2, 0.25) is 5.95 Å². The second-order valence-electron chi connectivity index (χ2n) is 7.27. The molecule has 9 nitrogen and oxygen atoms in total. The van der Waals surface area contributed by atoms with E-state index in [9.17, 15) is 9.18 Å². The minimum absolute atomic E-state index is 0.0154. The van der Waals surface area contributed by atoms with E-state index in [2.05, 4.69) is 30.7 Å². The number of ether oxygens (including phenoxy) is 1. The summed E-state index contributed by atoms with van der Waals surface area (Å²) < 4.78 is 20.3. The number of anilines is 3. The molecule has 0 aliphatic rings. The number of hydrogen-bond acceptors (Lipinski definition) is 8. The van der Waals surface area contributed by atoms with Gasteiger partial charge in [-0.05, 0) is 31.2 Å². The Morgan fingerprint density at radius 3 is 2.79 bits per heavy atom. The third kappa shape index (κ3) is 5.46. The molecule has 11 heteroatoms. The summed E-state index contributed by atoms with van der Waals surface area (Å²) in [6.07, 6.45) is 8.30. The first-order chi connectivity index (χ1) is 16.4. The van der Waals surface area contributed by atoms with Crippen molar-refractivity contribution in [2.75, 3.05) is 17.2 Å². The van der Waals surface area contributed by atoms with E-state index in [0.717, 1.165) is 5.56 Å². The number of carbonyl (C=O) groups excluding carboxylic acids is 1. The molecule has 0 unspecified atom stereocenters. The molecule has 0 aliphatic carbocycles. The van der Waals surface area contributed by atoms with Crippen LogP contribution in [0.15, 0.2) is 55.2 Å². The van der Waals surface area contributed by atoms with Crippen LogP contribution in [-0.2, 0) is 18.3 Å². The van der Waals surface area contributed by atoms with E-state index in [1.54, 1.807) is 36.3 Å². The van der Waals surface area contributed by atoms with Crippen LogP contribution < -0.4 is 10.6 Å². The number of halogens is 2. The van der Waals surface area contributed by atoms with Crippen LogP contribution in [0, 0.1) is 5.82 Å². The Hall–Kier alpha value is -4.05. The predicted molar refractivity (Wildman–Crippen MR) is 126 cm³/mol. The van der Waals surface area contributed by atoms with Crippen molar-refractivity contribution in [2.24, 2.45) is 7.05 Å². The summed E-state index contributed by atoms with van der Waals surface area (Å²) in [5, 5.41) is 10.5. The van der Waals surface area contributed by atoms with Gasteiger partial charge in [-0.15, -0.1) is 0 Å². The molecule has 0 atom stereocenters. The van der Waals surface area contributed by atoms with Gasteiger partial charge in [0.15, 0.2) is 0 Å². The minimum atomic E-state index is -0.517. The van der Waals surface area contributed by atoms with Gasteiger partial charge in [0.25, 0.3) is 0 Å². The SMILES string of the molecule is CCOC(=O)c1cncc(-c2cnc(Nc3ccc(F)c(Cl)c3)nc2NCc2cnn(C)c2)c1. The van der Waals surface area contributed by atoms with E-state index in [4.69, 9.17) is 16.3 Å². The van der Waals surface area contributed by atoms with Crippen LogP contribution >= 0.6 is 11.6 Å². The largest absolute Gasteiger partial charge is 0.462 e. The molecule has 0 saturated heterocycles. The summed E-state index contributed by atoms with van der Waals surface area (Å²) in [7, 11) is 1.84. The Morgan fingerprint density at radius 2 is 2.06 bits per heavy atom. The molecule has 3 aromatic heterocycles. The van der Waals surface area contributed by atoms with Gasteiger partial charge < -0.3 is 15.4 Å². The quantitative estimate of drug-likeness (QED) is 0.352. The van der Waals surface area contributed by atoms with Gasteiger partial charge in [-0.25, -0.2) is 14.2 Å². The minimum Gasteiger partial charge on any atom is -0.462 e. The van der Waals surface area contributed by atoms with Crippen molar-refractivity contribution < 1.29 is 13.9 Å². The van der Waals surface area contributed by atoms with Crippen molar-refractivity contribution in [2.45, 2.75) is 13.5 Å². The number of carbonyl (C=O) groups is 1. The highest BCUT2D eigenvalue weighted by molar-refractivity contribution is 6.31. The second kappa shape index (κ2) is 10.3. The number of nitrogens with zero attached hydrogens (tertiary/aromatic N) is 5. The van der Waals surface area contributed by atoms with Gasteiger partial charge in [0.1, 0.15) is 11.6 Å². The Kier molecular flexibility index (Phi) is 6.98. The molecular formula is C23H21ClFN7O2. The van der Waals surface area contributed by atoms with E-state index < -0.39 is 11.8 Å². The van der Waals surface area contributed by atoms with Crippen LogP contribution in [0.5, 0.6) is 0 Å². The summed E-state index contributed by atoms with van der Waals surface area (Å²) in [6, 6.07) is 5.91. The van der Waals surface area contributed by atoms with Crippen LogP contribution in [0.2, 0.25) is 5.02 Å². The van der Waals surface area contributed by atoms with E-state index in [-0.39, 0.29) is 17.6 Å². The van der Waals surface area contributed by atoms with Crippen molar-refractivity contribution in [3.8, 4) is 11.1 Å². The molecule has 0 saturated carbocycles. The average molecular weight is 482 g/mol. The van der Waals surface area contributed by atoms with Gasteiger partial charge >= 0.3 is 5.97 Å². The molecule has 3 heterocycles. The zero-order valence-corrected chi connectivity index (χ0v) is 19.2. The first-order valence-electron chi connectivity index (χ1n) is 10.4. The first-order valence-corrected chi connectivity index (χ1v) is 10.7. The summed E-state index contributed by atoms with van der Waals surface area (Å²) in [4.78, 5) is 25.3. The maximum atomic E-state index is 13.5. The normalized spacial score (nSPS) is 10.7. The molecule has 0 aliphatic heterocycles. The van der Waals surface area contributed by atoms with Gasteiger partial charge in [-0.3, -0.25) is 9.67 Å². The molecule has 2 N–H and O–H groups in total. The fraction of sp³-hybridized carbons (Fsp3) is 0.174. The average Bonchev–Trinajstić information content (AvgIpc) is 3.25. The lowest BCUT2D eigenvalue weighted by Gasteiger charge is -2.13. The third-order valence-corrected chi connectivity index (χ3v) is 5.03. The maximum Gasteiger partial charge on any atom is 0.339 e. The number of nitrogens with one attached hydrogen (secondary N) is 2. The summed E-state index contributed by atoms with van der Waals surface area (Å²) in [5.41, 5.74) is 3.06. The van der Waals surface area contributed by atoms with Crippen molar-refractivity contribution in [3.63, 3.8) is 0 Å². The maximum absolute atomic E-state index is 13.5. The standard InChI is InChI=1S/C23H21ClFN7O2/c1-3-34-22(33)16-6-15(10-26-11-16)18-12-28-23(30-17-4-5-20(25)19(24)7-17)31-21(18)27-8-14-9-29-32(2)13-14/h4-7,9-13H,3,8H2,1-2H3,(H2,27,28,30,31). The Balaban J connectivity index is 1.67. The topological polar surface area (TPSA) is 107 Å². The zero-order valence-electron chi connectivity index (χ0n) is 18.4. The van der Waals surface area contributed by atoms with Crippen molar-refractivity contribution >= 4 is 35.0 Å². The highest BCUT2D eigenvalue weighted by atomic mass is 35.5. The lowest BCUT2D eigenvalue weighted by atomic mass is 10.1. The highest BCUT2D eigenvalue weighted by Crippen LogP contribution is 2.29. The van der Waals surface area contributed by atoms with Crippen LogP contribution in [0.4, 0.5) is 21.8 Å². The van der Waals surface area contributed by atoms with E-state index in [0.29, 0.717) is 34.7 Å². The fourth-order valence-electron chi connectivity index (χ4n) is 3.15. The molecule has 0 fully saturated rings. The summed E-state index contributed by atoms with van der Waals surface area (Å²) in [6.45, 7) is 2.45. The molecule has 1 aromatic carbocycles. The van der Waals surface area contributed by atoms with Crippen molar-refractivity contribution in [1.82, 2.24) is 24.7 Å². The van der Waals surface area contributed by atoms with E-state index in [1.807, 2.05) is 13.2 Å². The van der Waals surface area contributed by atoms with Crippen LogP contribution in [0.3, 0.4) is 0 Å². The third-order valence-electron chi connectivity index (χ3n) is 4.74. The lowest BCUT2D eigenvalue weighted by Crippen LogP contribution is -2.08. The molecule has 34 heavy (non-hydrogen) atoms. The predicted octanol–water partition coefficient (Wildman–Crippen LogP) is 4.60. The van der Waals surface area contributed by atoms with Crippen LogP contribution in [0.1, 0.15) is 22.8 Å². The lowest BCUT2D eigenvalue weighted by molar-refractivity contribution is 0.0526. The van der Waals surface area contributed by atoms with E-state index >= 15 is 0 Å². The summed E-state index contributed by atoms with van der Waals surface area (Å²) in [5.74, 6) is -0.211. The Labute approximate surface area is 200 Å². The molecule has 0 amide bonds. The molecular weight excluding hydrogens is 461 g/mol. The fourth-order valence-corrected chi connectivity index (χ4v) is 3.33. The second-order valence-corrected chi connectivity index (χ2v) is 7.68. The number of rotatable bonds is 8. The van der Waals surface area contributed by atoms with Gasteiger partial charge in [-0.2, -0.15) is 10.1 Å². The number of aromatic nitrogens is 5. The highest BCUT2D eigenvalue weighted by Gasteiger charge is 2.14. The molecule has 0 spiro atoms. The first kappa shape index (κ1) is 23.1. The Bertz CT molecular complexity index is 1330. The number of benzene rings is 1. The van der Waals surface area contributed by atoms with Crippen LogP contribution in [0.25, 0.3) is 11.1 Å². The molecule has 0 bridgehead atoms.